The van der Waals surface area contributed by atoms with Crippen LogP contribution in [0.4, 0.5) is 0 Å². The van der Waals surface area contributed by atoms with Crippen molar-refractivity contribution in [3.05, 3.63) is 108 Å². The van der Waals surface area contributed by atoms with Gasteiger partial charge in [-0.2, -0.15) is 0 Å². The van der Waals surface area contributed by atoms with Gasteiger partial charge in [0.2, 0.25) is 0 Å². The lowest BCUT2D eigenvalue weighted by Gasteiger charge is -2.14. The van der Waals surface area contributed by atoms with E-state index in [-0.39, 0.29) is 0 Å². The molecule has 0 aliphatic heterocycles. The maximum atomic E-state index is 6.06. The first-order chi connectivity index (χ1) is 15.4. The van der Waals surface area contributed by atoms with Crippen molar-refractivity contribution in [3.63, 3.8) is 0 Å². The van der Waals surface area contributed by atoms with Crippen molar-refractivity contribution in [3.8, 4) is 0 Å². The first-order valence-electron chi connectivity index (χ1n) is 11.4. The van der Waals surface area contributed by atoms with Crippen molar-refractivity contribution >= 4 is 15.1 Å². The molecular formula is C27H33AlO3. The molecule has 0 unspecified atom stereocenters. The summed E-state index contributed by atoms with van der Waals surface area (Å²) in [4.78, 5) is 0. The molecule has 0 fully saturated rings. The fourth-order valence-corrected chi connectivity index (χ4v) is 4.81. The van der Waals surface area contributed by atoms with Gasteiger partial charge < -0.3 is 11.4 Å². The smallest absolute Gasteiger partial charge is 0.454 e. The van der Waals surface area contributed by atoms with E-state index in [2.05, 4.69) is 91.0 Å². The normalized spacial score (nSPS) is 10.8. The van der Waals surface area contributed by atoms with E-state index in [1.165, 1.54) is 16.7 Å². The van der Waals surface area contributed by atoms with Crippen LogP contribution in [0.15, 0.2) is 91.0 Å². The molecule has 0 N–H and O–H groups in total. The molecule has 0 spiro atoms. The van der Waals surface area contributed by atoms with Gasteiger partial charge in [-0.1, -0.05) is 91.0 Å². The Balaban J connectivity index is 1.36. The van der Waals surface area contributed by atoms with E-state index in [1.54, 1.807) is 0 Å². The molecule has 0 heterocycles. The van der Waals surface area contributed by atoms with Crippen molar-refractivity contribution in [2.24, 2.45) is 0 Å². The molecule has 0 saturated heterocycles. The van der Waals surface area contributed by atoms with Gasteiger partial charge in [-0.15, -0.1) is 0 Å². The average Bonchev–Trinajstić information content (AvgIpc) is 2.83. The monoisotopic (exact) mass is 432 g/mol. The molecule has 31 heavy (non-hydrogen) atoms. The highest BCUT2D eigenvalue weighted by molar-refractivity contribution is 6.36. The van der Waals surface area contributed by atoms with Gasteiger partial charge in [0, 0.05) is 19.8 Å². The van der Waals surface area contributed by atoms with Crippen molar-refractivity contribution in [1.29, 1.82) is 0 Å². The van der Waals surface area contributed by atoms with Crippen LogP contribution in [0.3, 0.4) is 0 Å². The Morgan fingerprint density at radius 2 is 0.710 bits per heavy atom. The molecule has 3 aromatic carbocycles. The summed E-state index contributed by atoms with van der Waals surface area (Å²) < 4.78 is 18.2. The largest absolute Gasteiger partial charge is 0.905 e. The highest BCUT2D eigenvalue weighted by Crippen LogP contribution is 2.07. The van der Waals surface area contributed by atoms with Crippen LogP contribution in [0.5, 0.6) is 0 Å². The third-order valence-electron chi connectivity index (χ3n) is 5.12. The molecule has 0 aliphatic rings. The standard InChI is InChI=1S/3C9H11O.Al/c3*10-8-4-7-9-5-2-1-3-6-9;/h3*1-3,5-6H,4,7-8H2;/q3*-1;+3. The van der Waals surface area contributed by atoms with E-state index in [9.17, 15) is 0 Å². The summed E-state index contributed by atoms with van der Waals surface area (Å²) in [5.74, 6) is 0. The third-order valence-corrected chi connectivity index (χ3v) is 6.64. The zero-order valence-electron chi connectivity index (χ0n) is 18.3. The Labute approximate surface area is 192 Å². The number of rotatable bonds is 15. The lowest BCUT2D eigenvalue weighted by Crippen LogP contribution is -2.29. The highest BCUT2D eigenvalue weighted by atomic mass is 27.3. The molecular weight excluding hydrogens is 399 g/mol. The molecule has 0 atom stereocenters. The van der Waals surface area contributed by atoms with E-state index >= 15 is 0 Å². The van der Waals surface area contributed by atoms with E-state index in [0.29, 0.717) is 19.8 Å². The summed E-state index contributed by atoms with van der Waals surface area (Å²) >= 11 is -2.11. The summed E-state index contributed by atoms with van der Waals surface area (Å²) in [6.07, 6.45) is 5.99. The first kappa shape index (κ1) is 23.7. The summed E-state index contributed by atoms with van der Waals surface area (Å²) in [6.45, 7) is 2.05. The Bertz CT molecular complexity index is 699. The van der Waals surface area contributed by atoms with Crippen LogP contribution in [-0.4, -0.2) is 35.0 Å². The number of hydrogen-bond acceptors (Lipinski definition) is 3. The van der Waals surface area contributed by atoms with Gasteiger partial charge in [0.1, 0.15) is 0 Å². The van der Waals surface area contributed by atoms with Gasteiger partial charge in [-0.05, 0) is 55.2 Å². The first-order valence-corrected chi connectivity index (χ1v) is 12.8. The molecule has 3 rings (SSSR count). The van der Waals surface area contributed by atoms with E-state index in [0.717, 1.165) is 38.5 Å². The molecule has 0 aliphatic carbocycles. The minimum Gasteiger partial charge on any atom is -0.454 e. The summed E-state index contributed by atoms with van der Waals surface area (Å²) in [5, 5.41) is 0. The molecule has 0 amide bonds. The second-order valence-electron chi connectivity index (χ2n) is 7.67. The zero-order chi connectivity index (χ0) is 21.4. The van der Waals surface area contributed by atoms with Gasteiger partial charge in [-0.3, -0.25) is 0 Å². The van der Waals surface area contributed by atoms with E-state index in [1.807, 2.05) is 0 Å². The van der Waals surface area contributed by atoms with Crippen LogP contribution >= 0.6 is 0 Å². The van der Waals surface area contributed by atoms with Gasteiger partial charge in [0.15, 0.2) is 0 Å². The fraction of sp³-hybridized carbons (Fsp3) is 0.333. The van der Waals surface area contributed by atoms with Crippen LogP contribution in [0.1, 0.15) is 36.0 Å². The van der Waals surface area contributed by atoms with Gasteiger partial charge >= 0.3 is 15.1 Å². The minimum atomic E-state index is -2.11. The van der Waals surface area contributed by atoms with Crippen LogP contribution in [0.25, 0.3) is 0 Å². The predicted octanol–water partition coefficient (Wildman–Crippen LogP) is 5.92. The average molecular weight is 433 g/mol. The van der Waals surface area contributed by atoms with Crippen LogP contribution in [0, 0.1) is 0 Å². The second-order valence-corrected chi connectivity index (χ2v) is 9.25. The summed E-state index contributed by atoms with van der Waals surface area (Å²) in [6, 6.07) is 31.6. The Morgan fingerprint density at radius 1 is 0.419 bits per heavy atom. The number of aryl methyl sites for hydroxylation is 3. The third kappa shape index (κ3) is 10.3. The van der Waals surface area contributed by atoms with Crippen LogP contribution in [-0.2, 0) is 30.6 Å². The topological polar surface area (TPSA) is 27.7 Å². The summed E-state index contributed by atoms with van der Waals surface area (Å²) in [5.41, 5.74) is 4.03. The predicted molar refractivity (Wildman–Crippen MR) is 128 cm³/mol. The fourth-order valence-electron chi connectivity index (χ4n) is 3.45. The van der Waals surface area contributed by atoms with E-state index < -0.39 is 15.1 Å². The van der Waals surface area contributed by atoms with Crippen molar-refractivity contribution in [1.82, 2.24) is 0 Å². The Morgan fingerprint density at radius 3 is 1.00 bits per heavy atom. The molecule has 0 bridgehead atoms. The van der Waals surface area contributed by atoms with Crippen LogP contribution < -0.4 is 0 Å². The quantitative estimate of drug-likeness (QED) is 0.220. The second kappa shape index (κ2) is 15.0. The maximum Gasteiger partial charge on any atom is 0.905 e. The number of hydrogen-bond donors (Lipinski definition) is 0. The lowest BCUT2D eigenvalue weighted by molar-refractivity contribution is 0.0905. The maximum absolute atomic E-state index is 6.06. The summed E-state index contributed by atoms with van der Waals surface area (Å²) in [7, 11) is 0. The zero-order valence-corrected chi connectivity index (χ0v) is 19.5. The number of benzene rings is 3. The van der Waals surface area contributed by atoms with Crippen LogP contribution in [0.2, 0.25) is 0 Å². The molecule has 3 aromatic rings. The van der Waals surface area contributed by atoms with Gasteiger partial charge in [0.25, 0.3) is 0 Å². The van der Waals surface area contributed by atoms with E-state index in [4.69, 9.17) is 11.4 Å². The Kier molecular flexibility index (Phi) is 11.5. The Hall–Kier alpha value is -1.93. The minimum absolute atomic E-state index is 0.684. The highest BCUT2D eigenvalue weighted by Gasteiger charge is 2.30. The van der Waals surface area contributed by atoms with Gasteiger partial charge in [0.05, 0.1) is 0 Å². The molecule has 3 nitrogen and oxygen atoms in total. The SMILES string of the molecule is c1ccc(CCC[O][Al]([O]CCCc2ccccc2)[O]CCCc2ccccc2)cc1. The molecule has 0 saturated carbocycles. The molecule has 162 valence electrons. The lowest BCUT2D eigenvalue weighted by atomic mass is 10.1. The van der Waals surface area contributed by atoms with Crippen molar-refractivity contribution < 1.29 is 11.4 Å². The molecule has 4 heteroatoms. The van der Waals surface area contributed by atoms with Crippen molar-refractivity contribution in [2.45, 2.75) is 38.5 Å². The molecule has 0 aromatic heterocycles. The molecule has 0 radical (unpaired) electrons. The van der Waals surface area contributed by atoms with Gasteiger partial charge in [-0.25, -0.2) is 0 Å². The van der Waals surface area contributed by atoms with Crippen molar-refractivity contribution in [2.75, 3.05) is 19.8 Å².